The van der Waals surface area contributed by atoms with Crippen LogP contribution in [0.2, 0.25) is 0 Å². The molecule has 0 radical (unpaired) electrons. The van der Waals surface area contributed by atoms with Gasteiger partial charge in [-0.25, -0.2) is 4.79 Å². The maximum Gasteiger partial charge on any atom is 0.338 e. The van der Waals surface area contributed by atoms with Crippen molar-refractivity contribution in [2.24, 2.45) is 5.92 Å². The zero-order valence-corrected chi connectivity index (χ0v) is 14.9. The largest absolute Gasteiger partial charge is 0.452 e. The molecule has 0 aliphatic heterocycles. The molecule has 5 nitrogen and oxygen atoms in total. The highest BCUT2D eigenvalue weighted by Crippen LogP contribution is 2.22. The standard InChI is InChI=1S/C20H24N2O3/c1-4-15-5-7-16(8-6-15)19(14(2)3)22-18(23)13-25-20(24)17-9-11-21-12-10-17/h5-12,14,19H,4,13H2,1-3H3,(H,22,23)/t19-/m0/s1. The molecule has 1 aromatic heterocycles. The van der Waals surface area contributed by atoms with Crippen LogP contribution in [-0.2, 0) is 16.0 Å². The number of aryl methyl sites for hydroxylation is 1. The molecule has 0 aliphatic rings. The minimum Gasteiger partial charge on any atom is -0.452 e. The molecule has 0 fully saturated rings. The van der Waals surface area contributed by atoms with Crippen LogP contribution in [0.3, 0.4) is 0 Å². The summed E-state index contributed by atoms with van der Waals surface area (Å²) in [5.41, 5.74) is 2.67. The number of ether oxygens (including phenoxy) is 1. The van der Waals surface area contributed by atoms with E-state index in [1.165, 1.54) is 18.0 Å². The lowest BCUT2D eigenvalue weighted by Gasteiger charge is -2.23. The Morgan fingerprint density at radius 2 is 1.72 bits per heavy atom. The maximum absolute atomic E-state index is 12.2. The van der Waals surface area contributed by atoms with E-state index in [9.17, 15) is 9.59 Å². The first-order chi connectivity index (χ1) is 12.0. The minimum absolute atomic E-state index is 0.127. The summed E-state index contributed by atoms with van der Waals surface area (Å²) in [5, 5.41) is 2.95. The van der Waals surface area contributed by atoms with Crippen molar-refractivity contribution in [2.75, 3.05) is 6.61 Å². The van der Waals surface area contributed by atoms with E-state index < -0.39 is 5.97 Å². The summed E-state index contributed by atoms with van der Waals surface area (Å²) in [7, 11) is 0. The van der Waals surface area contributed by atoms with Crippen LogP contribution in [-0.4, -0.2) is 23.5 Å². The number of hydrogen-bond acceptors (Lipinski definition) is 4. The van der Waals surface area contributed by atoms with E-state index in [4.69, 9.17) is 4.74 Å². The molecular formula is C20H24N2O3. The van der Waals surface area contributed by atoms with Gasteiger partial charge in [-0.15, -0.1) is 0 Å². The van der Waals surface area contributed by atoms with Gasteiger partial charge in [-0.05, 0) is 35.6 Å². The number of nitrogens with one attached hydrogen (secondary N) is 1. The molecule has 1 N–H and O–H groups in total. The number of amides is 1. The SMILES string of the molecule is CCc1ccc([C@@H](NC(=O)COC(=O)c2ccncc2)C(C)C)cc1. The van der Waals surface area contributed by atoms with Gasteiger partial charge in [-0.3, -0.25) is 9.78 Å². The third kappa shape index (κ3) is 5.41. The van der Waals surface area contributed by atoms with E-state index >= 15 is 0 Å². The van der Waals surface area contributed by atoms with E-state index in [1.807, 2.05) is 26.0 Å². The number of hydrogen-bond donors (Lipinski definition) is 1. The fourth-order valence-corrected chi connectivity index (χ4v) is 2.51. The predicted molar refractivity (Wildman–Crippen MR) is 96.1 cm³/mol. The smallest absolute Gasteiger partial charge is 0.338 e. The summed E-state index contributed by atoms with van der Waals surface area (Å²) in [5.74, 6) is -0.640. The van der Waals surface area contributed by atoms with Gasteiger partial charge in [-0.2, -0.15) is 0 Å². The third-order valence-corrected chi connectivity index (χ3v) is 3.98. The highest BCUT2D eigenvalue weighted by molar-refractivity contribution is 5.91. The van der Waals surface area contributed by atoms with E-state index in [-0.39, 0.29) is 24.5 Å². The summed E-state index contributed by atoms with van der Waals surface area (Å²) >= 11 is 0. The van der Waals surface area contributed by atoms with Crippen molar-refractivity contribution in [1.82, 2.24) is 10.3 Å². The van der Waals surface area contributed by atoms with Gasteiger partial charge in [0.05, 0.1) is 11.6 Å². The molecule has 0 unspecified atom stereocenters. The molecular weight excluding hydrogens is 316 g/mol. The molecule has 0 saturated carbocycles. The molecule has 1 atom stereocenters. The van der Waals surface area contributed by atoms with E-state index in [0.717, 1.165) is 12.0 Å². The van der Waals surface area contributed by atoms with Gasteiger partial charge < -0.3 is 10.1 Å². The van der Waals surface area contributed by atoms with Gasteiger partial charge >= 0.3 is 5.97 Å². The minimum atomic E-state index is -0.536. The number of benzene rings is 1. The number of pyridine rings is 1. The molecule has 1 aromatic carbocycles. The molecule has 1 amide bonds. The molecule has 0 saturated heterocycles. The van der Waals surface area contributed by atoms with E-state index in [0.29, 0.717) is 5.56 Å². The number of aromatic nitrogens is 1. The molecule has 0 spiro atoms. The molecule has 0 aliphatic carbocycles. The van der Waals surface area contributed by atoms with Gasteiger partial charge in [-0.1, -0.05) is 45.0 Å². The van der Waals surface area contributed by atoms with Crippen molar-refractivity contribution in [3.8, 4) is 0 Å². The summed E-state index contributed by atoms with van der Waals surface area (Å²) in [6, 6.07) is 11.2. The van der Waals surface area contributed by atoms with Gasteiger partial charge in [0.1, 0.15) is 0 Å². The van der Waals surface area contributed by atoms with Crippen molar-refractivity contribution in [3.63, 3.8) is 0 Å². The Labute approximate surface area is 148 Å². The van der Waals surface area contributed by atoms with Gasteiger partial charge in [0, 0.05) is 12.4 Å². The summed E-state index contributed by atoms with van der Waals surface area (Å²) in [6.07, 6.45) is 3.99. The lowest BCUT2D eigenvalue weighted by molar-refractivity contribution is -0.125. The van der Waals surface area contributed by atoms with Gasteiger partial charge in [0.2, 0.25) is 0 Å². The van der Waals surface area contributed by atoms with Crippen molar-refractivity contribution in [3.05, 3.63) is 65.5 Å². The fourth-order valence-electron chi connectivity index (χ4n) is 2.51. The molecule has 1 heterocycles. The van der Waals surface area contributed by atoms with Gasteiger partial charge in [0.15, 0.2) is 6.61 Å². The highest BCUT2D eigenvalue weighted by atomic mass is 16.5. The Balaban J connectivity index is 1.94. The Morgan fingerprint density at radius 1 is 1.08 bits per heavy atom. The fraction of sp³-hybridized carbons (Fsp3) is 0.350. The van der Waals surface area contributed by atoms with Crippen molar-refractivity contribution in [1.29, 1.82) is 0 Å². The second-order valence-electron chi connectivity index (χ2n) is 6.20. The first kappa shape index (κ1) is 18.6. The van der Waals surface area contributed by atoms with Crippen molar-refractivity contribution < 1.29 is 14.3 Å². The molecule has 2 aromatic rings. The lowest BCUT2D eigenvalue weighted by atomic mass is 9.95. The van der Waals surface area contributed by atoms with Crippen LogP contribution in [0.1, 0.15) is 48.3 Å². The predicted octanol–water partition coefficient (Wildman–Crippen LogP) is 3.31. The van der Waals surface area contributed by atoms with Crippen LogP contribution in [0.4, 0.5) is 0 Å². The zero-order chi connectivity index (χ0) is 18.2. The average Bonchev–Trinajstić information content (AvgIpc) is 2.64. The number of nitrogens with zero attached hydrogens (tertiary/aromatic N) is 1. The summed E-state index contributed by atoms with van der Waals surface area (Å²) in [4.78, 5) is 27.9. The van der Waals surface area contributed by atoms with Gasteiger partial charge in [0.25, 0.3) is 5.91 Å². The molecule has 132 valence electrons. The van der Waals surface area contributed by atoms with Crippen LogP contribution >= 0.6 is 0 Å². The Morgan fingerprint density at radius 3 is 2.28 bits per heavy atom. The molecule has 5 heteroatoms. The number of esters is 1. The molecule has 2 rings (SSSR count). The first-order valence-electron chi connectivity index (χ1n) is 8.46. The van der Waals surface area contributed by atoms with Crippen LogP contribution in [0.25, 0.3) is 0 Å². The molecule has 0 bridgehead atoms. The lowest BCUT2D eigenvalue weighted by Crippen LogP contribution is -2.35. The van der Waals surface area contributed by atoms with Crippen LogP contribution < -0.4 is 5.32 Å². The topological polar surface area (TPSA) is 68.3 Å². The summed E-state index contributed by atoms with van der Waals surface area (Å²) in [6.45, 7) is 5.88. The Bertz CT molecular complexity index is 697. The quantitative estimate of drug-likeness (QED) is 0.785. The van der Waals surface area contributed by atoms with Crippen LogP contribution in [0.15, 0.2) is 48.8 Å². The first-order valence-corrected chi connectivity index (χ1v) is 8.46. The van der Waals surface area contributed by atoms with E-state index in [2.05, 4.69) is 29.4 Å². The number of carbonyl (C=O) groups is 2. The normalized spacial score (nSPS) is 11.8. The Hall–Kier alpha value is -2.69. The summed E-state index contributed by atoms with van der Waals surface area (Å²) < 4.78 is 5.06. The van der Waals surface area contributed by atoms with Crippen molar-refractivity contribution >= 4 is 11.9 Å². The monoisotopic (exact) mass is 340 g/mol. The Kier molecular flexibility index (Phi) is 6.69. The number of rotatable bonds is 7. The number of carbonyl (C=O) groups excluding carboxylic acids is 2. The maximum atomic E-state index is 12.2. The van der Waals surface area contributed by atoms with Crippen LogP contribution in [0, 0.1) is 5.92 Å². The zero-order valence-electron chi connectivity index (χ0n) is 14.9. The molecule has 25 heavy (non-hydrogen) atoms. The van der Waals surface area contributed by atoms with Crippen LogP contribution in [0.5, 0.6) is 0 Å². The average molecular weight is 340 g/mol. The van der Waals surface area contributed by atoms with E-state index in [1.54, 1.807) is 12.1 Å². The second kappa shape index (κ2) is 8.97. The second-order valence-corrected chi connectivity index (χ2v) is 6.20. The van der Waals surface area contributed by atoms with Crippen molar-refractivity contribution in [2.45, 2.75) is 33.2 Å². The third-order valence-electron chi connectivity index (χ3n) is 3.98. The highest BCUT2D eigenvalue weighted by Gasteiger charge is 2.19.